The van der Waals surface area contributed by atoms with E-state index in [1.165, 1.54) is 32.1 Å². The molecule has 0 N–H and O–H groups in total. The molecule has 1 saturated carbocycles. The summed E-state index contributed by atoms with van der Waals surface area (Å²) in [5.74, 6) is 1.83. The molecule has 1 aliphatic carbocycles. The second-order valence-electron chi connectivity index (χ2n) is 5.68. The lowest BCUT2D eigenvalue weighted by Crippen LogP contribution is -2.37. The van der Waals surface area contributed by atoms with Crippen LogP contribution in [0, 0.1) is 11.8 Å². The Hall–Kier alpha value is -0.530. The summed E-state index contributed by atoms with van der Waals surface area (Å²) in [5.41, 5.74) is 0. The van der Waals surface area contributed by atoms with Gasteiger partial charge in [0.1, 0.15) is 0 Å². The topological polar surface area (TPSA) is 20.3 Å². The molecule has 1 saturated heterocycles. The second-order valence-corrected chi connectivity index (χ2v) is 5.68. The highest BCUT2D eigenvalue weighted by Gasteiger charge is 2.33. The van der Waals surface area contributed by atoms with E-state index in [2.05, 4.69) is 18.7 Å². The number of nitrogens with zero attached hydrogens (tertiary/aromatic N) is 1. The van der Waals surface area contributed by atoms with Crippen LogP contribution in [-0.2, 0) is 4.79 Å². The summed E-state index contributed by atoms with van der Waals surface area (Å²) in [5, 5.41) is 0. The summed E-state index contributed by atoms with van der Waals surface area (Å²) in [7, 11) is 0. The summed E-state index contributed by atoms with van der Waals surface area (Å²) in [6.45, 7) is 5.50. The fraction of sp³-hybridized carbons (Fsp3) is 0.929. The molecule has 0 radical (unpaired) electrons. The van der Waals surface area contributed by atoms with Crippen molar-refractivity contribution in [2.45, 2.75) is 64.8 Å². The fourth-order valence-corrected chi connectivity index (χ4v) is 3.52. The van der Waals surface area contributed by atoms with Gasteiger partial charge in [-0.05, 0) is 37.5 Å². The van der Waals surface area contributed by atoms with Gasteiger partial charge in [0.2, 0.25) is 5.91 Å². The van der Waals surface area contributed by atoms with Gasteiger partial charge in [-0.2, -0.15) is 0 Å². The molecule has 2 rings (SSSR count). The van der Waals surface area contributed by atoms with E-state index in [1.54, 1.807) is 0 Å². The third-order valence-electron chi connectivity index (χ3n) is 4.56. The maximum Gasteiger partial charge on any atom is 0.223 e. The molecule has 2 atom stereocenters. The van der Waals surface area contributed by atoms with Gasteiger partial charge in [-0.3, -0.25) is 4.79 Å². The van der Waals surface area contributed by atoms with E-state index in [-0.39, 0.29) is 0 Å². The van der Waals surface area contributed by atoms with E-state index >= 15 is 0 Å². The third-order valence-corrected chi connectivity index (χ3v) is 4.56. The Labute approximate surface area is 99.4 Å². The van der Waals surface area contributed by atoms with Crippen LogP contribution in [0.5, 0.6) is 0 Å². The standard InChI is InChI=1S/C14H25NO/c1-3-13-11(2)8-9-15(13)14(16)10-12-6-4-5-7-12/h11-13H,3-10H2,1-2H3/t11-,13-/m1/s1. The van der Waals surface area contributed by atoms with Crippen molar-refractivity contribution >= 4 is 5.91 Å². The molecule has 0 aromatic rings. The third kappa shape index (κ3) is 2.41. The lowest BCUT2D eigenvalue weighted by Gasteiger charge is -2.27. The predicted molar refractivity (Wildman–Crippen MR) is 66.1 cm³/mol. The monoisotopic (exact) mass is 223 g/mol. The molecular formula is C14H25NO. The minimum Gasteiger partial charge on any atom is -0.339 e. The van der Waals surface area contributed by atoms with E-state index in [1.807, 2.05) is 0 Å². The number of likely N-dealkylation sites (tertiary alicyclic amines) is 1. The quantitative estimate of drug-likeness (QED) is 0.719. The number of amides is 1. The van der Waals surface area contributed by atoms with Crippen LogP contribution in [0.25, 0.3) is 0 Å². The molecule has 0 bridgehead atoms. The van der Waals surface area contributed by atoms with Gasteiger partial charge in [-0.25, -0.2) is 0 Å². The summed E-state index contributed by atoms with van der Waals surface area (Å²) in [6.07, 6.45) is 8.39. The average Bonchev–Trinajstić information content (AvgIpc) is 2.87. The maximum absolute atomic E-state index is 12.2. The van der Waals surface area contributed by atoms with Gasteiger partial charge in [0.15, 0.2) is 0 Å². The number of carbonyl (C=O) groups excluding carboxylic acids is 1. The van der Waals surface area contributed by atoms with Gasteiger partial charge >= 0.3 is 0 Å². The molecule has 0 spiro atoms. The molecule has 92 valence electrons. The van der Waals surface area contributed by atoms with Crippen LogP contribution >= 0.6 is 0 Å². The van der Waals surface area contributed by atoms with Crippen molar-refractivity contribution in [3.63, 3.8) is 0 Å². The van der Waals surface area contributed by atoms with Crippen molar-refractivity contribution in [3.8, 4) is 0 Å². The van der Waals surface area contributed by atoms with Crippen LogP contribution in [0.15, 0.2) is 0 Å². The molecule has 0 aromatic carbocycles. The molecule has 2 heteroatoms. The first kappa shape index (κ1) is 11.9. The highest BCUT2D eigenvalue weighted by Crippen LogP contribution is 2.31. The van der Waals surface area contributed by atoms with Crippen LogP contribution in [-0.4, -0.2) is 23.4 Å². The van der Waals surface area contributed by atoms with Gasteiger partial charge in [0.25, 0.3) is 0 Å². The first-order valence-electron chi connectivity index (χ1n) is 7.01. The van der Waals surface area contributed by atoms with Gasteiger partial charge < -0.3 is 4.90 Å². The first-order valence-corrected chi connectivity index (χ1v) is 7.01. The van der Waals surface area contributed by atoms with Crippen molar-refractivity contribution in [1.82, 2.24) is 4.90 Å². The normalized spacial score (nSPS) is 31.2. The summed E-state index contributed by atoms with van der Waals surface area (Å²) in [4.78, 5) is 14.4. The zero-order chi connectivity index (χ0) is 11.5. The zero-order valence-corrected chi connectivity index (χ0v) is 10.7. The summed E-state index contributed by atoms with van der Waals surface area (Å²) < 4.78 is 0. The van der Waals surface area contributed by atoms with Crippen molar-refractivity contribution in [2.75, 3.05) is 6.54 Å². The van der Waals surface area contributed by atoms with Gasteiger partial charge in [-0.1, -0.05) is 26.7 Å². The number of hydrogen-bond acceptors (Lipinski definition) is 1. The largest absolute Gasteiger partial charge is 0.339 e. The molecule has 2 fully saturated rings. The van der Waals surface area contributed by atoms with Crippen LogP contribution in [0.3, 0.4) is 0 Å². The van der Waals surface area contributed by atoms with Gasteiger partial charge in [-0.15, -0.1) is 0 Å². The van der Waals surface area contributed by atoms with Gasteiger partial charge in [0, 0.05) is 19.0 Å². The maximum atomic E-state index is 12.2. The van der Waals surface area contributed by atoms with Crippen LogP contribution in [0.2, 0.25) is 0 Å². The lowest BCUT2D eigenvalue weighted by molar-refractivity contribution is -0.133. The number of carbonyl (C=O) groups is 1. The predicted octanol–water partition coefficient (Wildman–Crippen LogP) is 3.21. The van der Waals surface area contributed by atoms with E-state index in [0.717, 1.165) is 19.4 Å². The Bertz CT molecular complexity index is 245. The van der Waals surface area contributed by atoms with Crippen molar-refractivity contribution in [1.29, 1.82) is 0 Å². The average molecular weight is 223 g/mol. The SMILES string of the molecule is CC[C@@H]1[C@H](C)CCN1C(=O)CC1CCCC1. The number of rotatable bonds is 3. The van der Waals surface area contributed by atoms with E-state index in [4.69, 9.17) is 0 Å². The highest BCUT2D eigenvalue weighted by atomic mass is 16.2. The van der Waals surface area contributed by atoms with Crippen LogP contribution in [0.4, 0.5) is 0 Å². The van der Waals surface area contributed by atoms with Crippen LogP contribution < -0.4 is 0 Å². The molecule has 0 aromatic heterocycles. The molecule has 16 heavy (non-hydrogen) atoms. The smallest absolute Gasteiger partial charge is 0.223 e. The Balaban J connectivity index is 1.88. The van der Waals surface area contributed by atoms with Gasteiger partial charge in [0.05, 0.1) is 0 Å². The minimum atomic E-state index is 0.433. The molecule has 0 unspecified atom stereocenters. The molecule has 2 aliphatic rings. The Kier molecular flexibility index (Phi) is 3.88. The molecule has 1 amide bonds. The second kappa shape index (κ2) is 5.20. The first-order chi connectivity index (χ1) is 7.72. The van der Waals surface area contributed by atoms with E-state index < -0.39 is 0 Å². The van der Waals surface area contributed by atoms with Crippen molar-refractivity contribution < 1.29 is 4.79 Å². The molecule has 1 aliphatic heterocycles. The fourth-order valence-electron chi connectivity index (χ4n) is 3.52. The minimum absolute atomic E-state index is 0.433. The Morgan fingerprint density at radius 2 is 1.94 bits per heavy atom. The molecule has 2 nitrogen and oxygen atoms in total. The van der Waals surface area contributed by atoms with Crippen molar-refractivity contribution in [3.05, 3.63) is 0 Å². The Morgan fingerprint density at radius 1 is 1.25 bits per heavy atom. The van der Waals surface area contributed by atoms with E-state index in [9.17, 15) is 4.79 Å². The summed E-state index contributed by atoms with van der Waals surface area (Å²) in [6, 6.07) is 0.522. The highest BCUT2D eigenvalue weighted by molar-refractivity contribution is 5.77. The molecule has 1 heterocycles. The summed E-state index contributed by atoms with van der Waals surface area (Å²) >= 11 is 0. The Morgan fingerprint density at radius 3 is 2.56 bits per heavy atom. The van der Waals surface area contributed by atoms with Crippen molar-refractivity contribution in [2.24, 2.45) is 11.8 Å². The van der Waals surface area contributed by atoms with Crippen LogP contribution in [0.1, 0.15) is 58.8 Å². The zero-order valence-electron chi connectivity index (χ0n) is 10.7. The lowest BCUT2D eigenvalue weighted by atomic mass is 9.99. The number of hydrogen-bond donors (Lipinski definition) is 0. The van der Waals surface area contributed by atoms with E-state index in [0.29, 0.717) is 23.8 Å². The molecular weight excluding hydrogens is 198 g/mol.